The van der Waals surface area contributed by atoms with Crippen molar-refractivity contribution in [2.45, 2.75) is 13.0 Å². The van der Waals surface area contributed by atoms with Gasteiger partial charge in [0.2, 0.25) is 4.77 Å². The molecule has 0 spiro atoms. The lowest BCUT2D eigenvalue weighted by Crippen LogP contribution is -2.06. The van der Waals surface area contributed by atoms with Crippen LogP contribution in [-0.4, -0.2) is 30.9 Å². The summed E-state index contributed by atoms with van der Waals surface area (Å²) in [6.45, 7) is 0.266. The molecule has 1 N–H and O–H groups in total. The fraction of sp³-hybridized carbons (Fsp3) is 0.600. The van der Waals surface area contributed by atoms with Gasteiger partial charge in [0, 0.05) is 7.05 Å². The normalized spacial score (nSPS) is 10.1. The zero-order valence-electron chi connectivity index (χ0n) is 6.47. The predicted molar refractivity (Wildman–Crippen MR) is 42.1 cm³/mol. The van der Waals surface area contributed by atoms with Gasteiger partial charge < -0.3 is 5.11 Å². The van der Waals surface area contributed by atoms with E-state index >= 15 is 0 Å². The number of hydrogen-bond donors (Lipinski definition) is 1. The summed E-state index contributed by atoms with van der Waals surface area (Å²) < 4.78 is 3.22. The number of hydrogen-bond acceptors (Lipinski definition) is 4. The molecule has 1 aromatic rings. The summed E-state index contributed by atoms with van der Waals surface area (Å²) in [5.41, 5.74) is 0. The minimum atomic E-state index is -0.873. The van der Waals surface area contributed by atoms with Gasteiger partial charge in [-0.3, -0.25) is 4.79 Å². The van der Waals surface area contributed by atoms with Crippen molar-refractivity contribution in [3.63, 3.8) is 0 Å². The van der Waals surface area contributed by atoms with Crippen LogP contribution in [-0.2, 0) is 18.4 Å². The fourth-order valence-corrected chi connectivity index (χ4v) is 0.858. The summed E-state index contributed by atoms with van der Waals surface area (Å²) in [5.74, 6) is -0.873. The Kier molecular flexibility index (Phi) is 2.54. The van der Waals surface area contributed by atoms with E-state index in [-0.39, 0.29) is 13.0 Å². The lowest BCUT2D eigenvalue weighted by atomic mass is 10.4. The summed E-state index contributed by atoms with van der Waals surface area (Å²) in [7, 11) is 1.66. The summed E-state index contributed by atoms with van der Waals surface area (Å²) in [4.78, 5) is 10.2. The van der Waals surface area contributed by atoms with Gasteiger partial charge in [-0.05, 0) is 22.6 Å². The van der Waals surface area contributed by atoms with Crippen molar-refractivity contribution in [2.75, 3.05) is 0 Å². The van der Waals surface area contributed by atoms with Crippen LogP contribution in [0.5, 0.6) is 0 Å². The zero-order chi connectivity index (χ0) is 9.14. The molecule has 0 aromatic carbocycles. The molecule has 6 nitrogen and oxygen atoms in total. The van der Waals surface area contributed by atoms with Gasteiger partial charge in [0.25, 0.3) is 0 Å². The Morgan fingerprint density at radius 2 is 2.33 bits per heavy atom. The molecule has 0 saturated heterocycles. The van der Waals surface area contributed by atoms with E-state index < -0.39 is 5.97 Å². The molecule has 0 unspecified atom stereocenters. The van der Waals surface area contributed by atoms with E-state index in [0.717, 1.165) is 0 Å². The van der Waals surface area contributed by atoms with Crippen LogP contribution in [0.15, 0.2) is 0 Å². The second kappa shape index (κ2) is 3.44. The standard InChI is InChI=1S/C5H8N4O2S/c1-8-5(12)9(7-6-8)3-2-4(10)11/h2-3H2,1H3,(H,10,11). The number of carboxylic acids is 1. The molecule has 0 amide bonds. The van der Waals surface area contributed by atoms with Gasteiger partial charge in [0.15, 0.2) is 0 Å². The van der Waals surface area contributed by atoms with E-state index in [4.69, 9.17) is 17.3 Å². The second-order valence-corrected chi connectivity index (χ2v) is 2.62. The maximum absolute atomic E-state index is 10.2. The SMILES string of the molecule is Cn1nnn(CCC(=O)O)c1=S. The van der Waals surface area contributed by atoms with Crippen LogP contribution in [0.1, 0.15) is 6.42 Å². The third-order valence-corrected chi connectivity index (χ3v) is 1.79. The zero-order valence-corrected chi connectivity index (χ0v) is 7.28. The first-order valence-electron chi connectivity index (χ1n) is 3.30. The van der Waals surface area contributed by atoms with Crippen LogP contribution in [0, 0.1) is 4.77 Å². The Hall–Kier alpha value is -1.24. The van der Waals surface area contributed by atoms with Gasteiger partial charge in [0.1, 0.15) is 0 Å². The summed E-state index contributed by atoms with van der Waals surface area (Å²) in [6, 6.07) is 0. The van der Waals surface area contributed by atoms with Gasteiger partial charge in [0.05, 0.1) is 13.0 Å². The lowest BCUT2D eigenvalue weighted by molar-refractivity contribution is -0.137. The van der Waals surface area contributed by atoms with Crippen molar-refractivity contribution in [3.05, 3.63) is 4.77 Å². The molecule has 0 atom stereocenters. The van der Waals surface area contributed by atoms with Crippen LogP contribution >= 0.6 is 12.2 Å². The van der Waals surface area contributed by atoms with Gasteiger partial charge in [-0.25, -0.2) is 9.36 Å². The van der Waals surface area contributed by atoms with E-state index in [9.17, 15) is 4.79 Å². The number of carbonyl (C=O) groups is 1. The first-order chi connectivity index (χ1) is 5.61. The van der Waals surface area contributed by atoms with Gasteiger partial charge in [-0.1, -0.05) is 0 Å². The van der Waals surface area contributed by atoms with Crippen LogP contribution in [0.25, 0.3) is 0 Å². The number of rotatable bonds is 3. The Balaban J connectivity index is 2.70. The Morgan fingerprint density at radius 1 is 1.67 bits per heavy atom. The molecule has 1 rings (SSSR count). The van der Waals surface area contributed by atoms with Crippen molar-refractivity contribution in [1.29, 1.82) is 0 Å². The molecule has 1 aromatic heterocycles. The monoisotopic (exact) mass is 188 g/mol. The molecule has 66 valence electrons. The van der Waals surface area contributed by atoms with Gasteiger partial charge >= 0.3 is 5.97 Å². The maximum Gasteiger partial charge on any atom is 0.305 e. The number of carboxylic acid groups (broad SMARTS) is 1. The highest BCUT2D eigenvalue weighted by Gasteiger charge is 2.01. The van der Waals surface area contributed by atoms with E-state index in [0.29, 0.717) is 4.77 Å². The summed E-state index contributed by atoms with van der Waals surface area (Å²) in [6.07, 6.45) is 0.00694. The second-order valence-electron chi connectivity index (χ2n) is 2.25. The van der Waals surface area contributed by atoms with Crippen LogP contribution in [0.3, 0.4) is 0 Å². The summed E-state index contributed by atoms with van der Waals surface area (Å²) in [5, 5.41) is 15.6. The number of tetrazole rings is 1. The van der Waals surface area contributed by atoms with E-state index in [2.05, 4.69) is 10.4 Å². The highest BCUT2D eigenvalue weighted by molar-refractivity contribution is 7.71. The number of aromatic nitrogens is 4. The first-order valence-corrected chi connectivity index (χ1v) is 3.70. The number of aryl methyl sites for hydroxylation is 2. The van der Waals surface area contributed by atoms with Crippen molar-refractivity contribution >= 4 is 18.2 Å². The molecule has 0 aliphatic heterocycles. The largest absolute Gasteiger partial charge is 0.481 e. The number of aliphatic carboxylic acids is 1. The minimum absolute atomic E-state index is 0.00694. The first kappa shape index (κ1) is 8.85. The highest BCUT2D eigenvalue weighted by atomic mass is 32.1. The van der Waals surface area contributed by atoms with Crippen molar-refractivity contribution < 1.29 is 9.90 Å². The quantitative estimate of drug-likeness (QED) is 0.666. The molecular formula is C5H8N4O2S. The minimum Gasteiger partial charge on any atom is -0.481 e. The number of nitrogens with zero attached hydrogens (tertiary/aromatic N) is 4. The van der Waals surface area contributed by atoms with E-state index in [1.165, 1.54) is 9.36 Å². The molecule has 0 aliphatic carbocycles. The molecule has 0 aliphatic rings. The van der Waals surface area contributed by atoms with Crippen LogP contribution < -0.4 is 0 Å². The molecule has 12 heavy (non-hydrogen) atoms. The lowest BCUT2D eigenvalue weighted by Gasteiger charge is -1.93. The maximum atomic E-state index is 10.2. The van der Waals surface area contributed by atoms with Gasteiger partial charge in [-0.2, -0.15) is 0 Å². The fourth-order valence-electron chi connectivity index (χ4n) is 0.694. The molecular weight excluding hydrogens is 180 g/mol. The van der Waals surface area contributed by atoms with Crippen LogP contribution in [0.4, 0.5) is 0 Å². The molecule has 1 heterocycles. The molecule has 7 heteroatoms. The Morgan fingerprint density at radius 3 is 2.75 bits per heavy atom. The molecule has 0 fully saturated rings. The Labute approximate surface area is 73.4 Å². The topological polar surface area (TPSA) is 72.9 Å². The van der Waals surface area contributed by atoms with Gasteiger partial charge in [-0.15, -0.1) is 0 Å². The smallest absolute Gasteiger partial charge is 0.305 e. The molecule has 0 saturated carbocycles. The third kappa shape index (κ3) is 1.88. The van der Waals surface area contributed by atoms with Crippen LogP contribution in [0.2, 0.25) is 0 Å². The van der Waals surface area contributed by atoms with Crippen molar-refractivity contribution in [3.8, 4) is 0 Å². The highest BCUT2D eigenvalue weighted by Crippen LogP contribution is 1.90. The predicted octanol–water partition coefficient (Wildman–Crippen LogP) is -0.179. The molecule has 0 bridgehead atoms. The van der Waals surface area contributed by atoms with Crippen molar-refractivity contribution in [2.24, 2.45) is 7.05 Å². The average Bonchev–Trinajstić information content (AvgIpc) is 2.30. The Bertz CT molecular complexity index is 341. The molecule has 0 radical (unpaired) electrons. The average molecular weight is 188 g/mol. The third-order valence-electron chi connectivity index (χ3n) is 1.32. The van der Waals surface area contributed by atoms with Crippen molar-refractivity contribution in [1.82, 2.24) is 19.8 Å². The van der Waals surface area contributed by atoms with E-state index in [1.807, 2.05) is 0 Å². The van der Waals surface area contributed by atoms with E-state index in [1.54, 1.807) is 7.05 Å². The summed E-state index contributed by atoms with van der Waals surface area (Å²) >= 11 is 4.89.